The van der Waals surface area contributed by atoms with Crippen LogP contribution in [0.3, 0.4) is 0 Å². The number of nitrogens with zero attached hydrogens (tertiary/aromatic N) is 2. The van der Waals surface area contributed by atoms with Crippen molar-refractivity contribution >= 4 is 51.2 Å². The summed E-state index contributed by atoms with van der Waals surface area (Å²) in [6.07, 6.45) is 1.27. The number of nitro benzene ring substituents is 1. The fraction of sp³-hybridized carbons (Fsp3) is 0.115. The number of urea groups is 1. The molecule has 1 aliphatic rings. The first kappa shape index (κ1) is 26.5. The van der Waals surface area contributed by atoms with Crippen LogP contribution in [-0.2, 0) is 16.2 Å². The predicted octanol–water partition coefficient (Wildman–Crippen LogP) is 5.14. The Labute approximate surface area is 223 Å². The highest BCUT2D eigenvalue weighted by Gasteiger charge is 2.37. The third kappa shape index (κ3) is 5.70. The number of imide groups is 2. The molecule has 0 atom stereocenters. The normalized spacial score (nSPS) is 14.4. The molecule has 1 N–H and O–H groups in total. The Balaban J connectivity index is 1.66. The number of hydrogen-bond donors (Lipinski definition) is 1. The van der Waals surface area contributed by atoms with Crippen LogP contribution in [0.5, 0.6) is 11.5 Å². The standard InChI is InChI=1S/C26H19BrFN3O7/c1-2-37-22-12-16(11-21(27)23(22)38-14-15-6-8-17(28)9-7-15)10-20-24(32)29-26(34)30(25(20)33)18-4-3-5-19(13-18)31(35)36/h3-13H,2,14H2,1H3,(H,29,32,34)/b20-10+. The monoisotopic (exact) mass is 583 g/mol. The van der Waals surface area contributed by atoms with Gasteiger partial charge in [-0.2, -0.15) is 0 Å². The Bertz CT molecular complexity index is 1470. The minimum Gasteiger partial charge on any atom is -0.490 e. The largest absolute Gasteiger partial charge is 0.490 e. The molecule has 0 spiro atoms. The van der Waals surface area contributed by atoms with E-state index in [2.05, 4.69) is 21.2 Å². The molecule has 3 aromatic carbocycles. The number of amides is 4. The van der Waals surface area contributed by atoms with Gasteiger partial charge in [0.2, 0.25) is 0 Å². The lowest BCUT2D eigenvalue weighted by molar-refractivity contribution is -0.384. The lowest BCUT2D eigenvalue weighted by Gasteiger charge is -2.26. The Hall–Kier alpha value is -4.58. The third-order valence-corrected chi connectivity index (χ3v) is 5.93. The molecule has 4 amide bonds. The summed E-state index contributed by atoms with van der Waals surface area (Å²) in [7, 11) is 0. The lowest BCUT2D eigenvalue weighted by Crippen LogP contribution is -2.54. The number of hydrogen-bond acceptors (Lipinski definition) is 7. The summed E-state index contributed by atoms with van der Waals surface area (Å²) in [5.41, 5.74) is 0.335. The zero-order valence-electron chi connectivity index (χ0n) is 19.8. The number of nitro groups is 1. The number of nitrogens with one attached hydrogen (secondary N) is 1. The van der Waals surface area contributed by atoms with E-state index in [0.29, 0.717) is 26.4 Å². The van der Waals surface area contributed by atoms with Crippen molar-refractivity contribution in [1.29, 1.82) is 0 Å². The van der Waals surface area contributed by atoms with Crippen LogP contribution in [0.2, 0.25) is 0 Å². The van der Waals surface area contributed by atoms with Crippen LogP contribution in [0.15, 0.2) is 70.7 Å². The summed E-state index contributed by atoms with van der Waals surface area (Å²) in [6.45, 7) is 2.18. The number of carbonyl (C=O) groups excluding carboxylic acids is 3. The van der Waals surface area contributed by atoms with E-state index in [1.54, 1.807) is 31.2 Å². The molecular weight excluding hydrogens is 565 g/mol. The Morgan fingerprint density at radius 1 is 1.08 bits per heavy atom. The average molecular weight is 584 g/mol. The van der Waals surface area contributed by atoms with Gasteiger partial charge < -0.3 is 9.47 Å². The Kier molecular flexibility index (Phi) is 7.82. The van der Waals surface area contributed by atoms with Crippen LogP contribution in [0.4, 0.5) is 20.6 Å². The second kappa shape index (κ2) is 11.2. The van der Waals surface area contributed by atoms with Gasteiger partial charge in [0.05, 0.1) is 21.7 Å². The van der Waals surface area contributed by atoms with Crippen molar-refractivity contribution in [2.45, 2.75) is 13.5 Å². The maximum Gasteiger partial charge on any atom is 0.335 e. The van der Waals surface area contributed by atoms with Crippen molar-refractivity contribution in [1.82, 2.24) is 5.32 Å². The molecule has 1 saturated heterocycles. The molecule has 4 rings (SSSR count). The smallest absolute Gasteiger partial charge is 0.335 e. The van der Waals surface area contributed by atoms with Crippen LogP contribution in [0.25, 0.3) is 6.08 Å². The molecule has 0 radical (unpaired) electrons. The predicted molar refractivity (Wildman–Crippen MR) is 138 cm³/mol. The minimum absolute atomic E-state index is 0.0687. The van der Waals surface area contributed by atoms with Crippen molar-refractivity contribution in [2.24, 2.45) is 0 Å². The van der Waals surface area contributed by atoms with E-state index >= 15 is 0 Å². The Morgan fingerprint density at radius 2 is 1.82 bits per heavy atom. The maximum absolute atomic E-state index is 13.2. The molecule has 3 aromatic rings. The summed E-state index contributed by atoms with van der Waals surface area (Å²) in [6, 6.07) is 12.9. The average Bonchev–Trinajstić information content (AvgIpc) is 2.87. The van der Waals surface area contributed by atoms with E-state index in [9.17, 15) is 28.9 Å². The molecule has 0 aliphatic carbocycles. The van der Waals surface area contributed by atoms with Gasteiger partial charge in [-0.3, -0.25) is 25.0 Å². The number of carbonyl (C=O) groups is 3. The number of anilines is 1. The second-order valence-electron chi connectivity index (χ2n) is 7.91. The zero-order chi connectivity index (χ0) is 27.4. The summed E-state index contributed by atoms with van der Waals surface area (Å²) < 4.78 is 25.2. The van der Waals surface area contributed by atoms with Crippen molar-refractivity contribution in [3.63, 3.8) is 0 Å². The van der Waals surface area contributed by atoms with Crippen LogP contribution in [0, 0.1) is 15.9 Å². The van der Waals surface area contributed by atoms with Gasteiger partial charge in [-0.15, -0.1) is 0 Å². The molecule has 0 bridgehead atoms. The molecule has 0 saturated carbocycles. The van der Waals surface area contributed by atoms with Gasteiger partial charge in [-0.1, -0.05) is 18.2 Å². The van der Waals surface area contributed by atoms with Crippen LogP contribution in [-0.4, -0.2) is 29.4 Å². The number of non-ortho nitro benzene ring substituents is 1. The van der Waals surface area contributed by atoms with Crippen LogP contribution < -0.4 is 19.7 Å². The molecule has 194 valence electrons. The number of ether oxygens (including phenoxy) is 2. The first-order valence-corrected chi connectivity index (χ1v) is 12.0. The summed E-state index contributed by atoms with van der Waals surface area (Å²) in [4.78, 5) is 49.3. The van der Waals surface area contributed by atoms with Gasteiger partial charge in [-0.25, -0.2) is 14.1 Å². The molecule has 1 heterocycles. The SMILES string of the molecule is CCOc1cc(/C=C2\C(=O)NC(=O)N(c3cccc([N+](=O)[O-])c3)C2=O)cc(Br)c1OCc1ccc(F)cc1. The highest BCUT2D eigenvalue weighted by molar-refractivity contribution is 9.10. The molecule has 1 fully saturated rings. The van der Waals surface area contributed by atoms with Gasteiger partial charge in [0.1, 0.15) is 18.0 Å². The van der Waals surface area contributed by atoms with Crippen molar-refractivity contribution < 1.29 is 33.2 Å². The van der Waals surface area contributed by atoms with E-state index in [0.717, 1.165) is 11.6 Å². The molecule has 38 heavy (non-hydrogen) atoms. The van der Waals surface area contributed by atoms with Crippen molar-refractivity contribution in [3.05, 3.63) is 97.8 Å². The maximum atomic E-state index is 13.2. The molecule has 12 heteroatoms. The van der Waals surface area contributed by atoms with E-state index in [-0.39, 0.29) is 36.0 Å². The number of halogens is 2. The number of barbiturate groups is 1. The fourth-order valence-electron chi connectivity index (χ4n) is 3.61. The van der Waals surface area contributed by atoms with E-state index < -0.39 is 22.8 Å². The van der Waals surface area contributed by atoms with E-state index in [1.807, 2.05) is 0 Å². The second-order valence-corrected chi connectivity index (χ2v) is 8.77. The van der Waals surface area contributed by atoms with Gasteiger partial charge in [0.15, 0.2) is 11.5 Å². The fourth-order valence-corrected chi connectivity index (χ4v) is 4.19. The van der Waals surface area contributed by atoms with Gasteiger partial charge >= 0.3 is 6.03 Å². The quantitative estimate of drug-likeness (QED) is 0.168. The molecule has 0 unspecified atom stereocenters. The molecule has 1 aliphatic heterocycles. The first-order chi connectivity index (χ1) is 18.2. The highest BCUT2D eigenvalue weighted by Crippen LogP contribution is 2.38. The molecule has 10 nitrogen and oxygen atoms in total. The van der Waals surface area contributed by atoms with Gasteiger partial charge in [-0.05, 0) is 70.4 Å². The van der Waals surface area contributed by atoms with E-state index in [1.165, 1.54) is 36.4 Å². The van der Waals surface area contributed by atoms with Gasteiger partial charge in [0, 0.05) is 12.1 Å². The topological polar surface area (TPSA) is 128 Å². The van der Waals surface area contributed by atoms with Crippen LogP contribution >= 0.6 is 15.9 Å². The summed E-state index contributed by atoms with van der Waals surface area (Å²) in [5.74, 6) is -1.58. The van der Waals surface area contributed by atoms with Crippen LogP contribution in [0.1, 0.15) is 18.1 Å². The number of rotatable bonds is 8. The highest BCUT2D eigenvalue weighted by atomic mass is 79.9. The minimum atomic E-state index is -1.03. The summed E-state index contributed by atoms with van der Waals surface area (Å²) in [5, 5.41) is 13.2. The molecular formula is C26H19BrFN3O7. The zero-order valence-corrected chi connectivity index (χ0v) is 21.4. The Morgan fingerprint density at radius 3 is 2.50 bits per heavy atom. The van der Waals surface area contributed by atoms with Gasteiger partial charge in [0.25, 0.3) is 17.5 Å². The third-order valence-electron chi connectivity index (χ3n) is 5.34. The molecule has 0 aromatic heterocycles. The van der Waals surface area contributed by atoms with Crippen molar-refractivity contribution in [2.75, 3.05) is 11.5 Å². The van der Waals surface area contributed by atoms with Crippen molar-refractivity contribution in [3.8, 4) is 11.5 Å². The number of benzene rings is 3. The first-order valence-electron chi connectivity index (χ1n) is 11.2. The van der Waals surface area contributed by atoms with E-state index in [4.69, 9.17) is 9.47 Å². The lowest BCUT2D eigenvalue weighted by atomic mass is 10.1. The summed E-state index contributed by atoms with van der Waals surface area (Å²) >= 11 is 3.42.